The first kappa shape index (κ1) is 12.6. The van der Waals surface area contributed by atoms with Crippen molar-refractivity contribution in [3.8, 4) is 0 Å². The number of fused-ring (bicyclic) bond motifs is 1. The third kappa shape index (κ3) is 2.13. The predicted octanol–water partition coefficient (Wildman–Crippen LogP) is 4.90. The lowest BCUT2D eigenvalue weighted by Gasteiger charge is -2.16. The number of aromatic nitrogens is 2. The summed E-state index contributed by atoms with van der Waals surface area (Å²) >= 11 is 7.12. The molecule has 0 fully saturated rings. The molecule has 1 N–H and O–H groups in total. The minimum atomic E-state index is -0.250. The van der Waals surface area contributed by atoms with E-state index in [-0.39, 0.29) is 11.9 Å². The molecule has 0 bridgehead atoms. The van der Waals surface area contributed by atoms with Gasteiger partial charge in [-0.3, -0.25) is 0 Å². The number of benzene rings is 1. The molecule has 0 amide bonds. The van der Waals surface area contributed by atoms with Crippen molar-refractivity contribution in [2.75, 3.05) is 0 Å². The van der Waals surface area contributed by atoms with Gasteiger partial charge in [0.15, 0.2) is 4.77 Å². The zero-order chi connectivity index (χ0) is 13.4. The Bertz CT molecular complexity index is 755. The highest BCUT2D eigenvalue weighted by Crippen LogP contribution is 2.30. The fraction of sp³-hybridized carbons (Fsp3) is 0.214. The summed E-state index contributed by atoms with van der Waals surface area (Å²) in [6.45, 7) is 2.13. The minimum Gasteiger partial charge on any atom is -0.330 e. The average molecular weight is 292 g/mol. The first-order valence-corrected chi connectivity index (χ1v) is 7.42. The van der Waals surface area contributed by atoms with Crippen LogP contribution in [-0.4, -0.2) is 9.55 Å². The molecule has 1 atom stereocenters. The van der Waals surface area contributed by atoms with Gasteiger partial charge in [-0.25, -0.2) is 4.39 Å². The van der Waals surface area contributed by atoms with E-state index in [1.165, 1.54) is 17.0 Å². The second-order valence-electron chi connectivity index (χ2n) is 4.40. The molecular weight excluding hydrogens is 279 g/mol. The summed E-state index contributed by atoms with van der Waals surface area (Å²) in [6, 6.07) is 9.11. The van der Waals surface area contributed by atoms with Gasteiger partial charge in [0.2, 0.25) is 0 Å². The Hall–Kier alpha value is -1.46. The van der Waals surface area contributed by atoms with Crippen LogP contribution in [0.5, 0.6) is 0 Å². The lowest BCUT2D eigenvalue weighted by atomic mass is 10.1. The van der Waals surface area contributed by atoms with Gasteiger partial charge >= 0.3 is 0 Å². The number of hydrogen-bond donors (Lipinski definition) is 1. The van der Waals surface area contributed by atoms with Crippen LogP contribution < -0.4 is 0 Å². The first-order valence-electron chi connectivity index (χ1n) is 6.14. The number of nitrogens with one attached hydrogen (secondary N) is 1. The van der Waals surface area contributed by atoms with Crippen molar-refractivity contribution in [1.29, 1.82) is 0 Å². The van der Waals surface area contributed by atoms with Gasteiger partial charge in [0, 0.05) is 4.88 Å². The smallest absolute Gasteiger partial charge is 0.178 e. The van der Waals surface area contributed by atoms with Gasteiger partial charge in [-0.2, -0.15) is 0 Å². The Labute approximate surface area is 119 Å². The fourth-order valence-electron chi connectivity index (χ4n) is 2.40. The van der Waals surface area contributed by atoms with Crippen LogP contribution in [0.2, 0.25) is 0 Å². The van der Waals surface area contributed by atoms with Crippen LogP contribution in [0.15, 0.2) is 35.7 Å². The van der Waals surface area contributed by atoms with Crippen LogP contribution >= 0.6 is 23.6 Å². The summed E-state index contributed by atoms with van der Waals surface area (Å²) in [4.78, 5) is 4.35. The molecule has 2 heterocycles. The molecular formula is C14H13FN2S2. The van der Waals surface area contributed by atoms with Crippen LogP contribution in [0.3, 0.4) is 0 Å². The Morgan fingerprint density at radius 3 is 2.95 bits per heavy atom. The van der Waals surface area contributed by atoms with Gasteiger partial charge in [0.25, 0.3) is 0 Å². The van der Waals surface area contributed by atoms with E-state index in [4.69, 9.17) is 12.2 Å². The highest BCUT2D eigenvalue weighted by atomic mass is 32.1. The molecule has 2 aromatic heterocycles. The molecule has 1 aromatic carbocycles. The Kier molecular flexibility index (Phi) is 3.24. The molecule has 0 saturated heterocycles. The van der Waals surface area contributed by atoms with Crippen LogP contribution in [0.4, 0.5) is 4.39 Å². The maximum Gasteiger partial charge on any atom is 0.178 e. The van der Waals surface area contributed by atoms with Crippen molar-refractivity contribution >= 4 is 34.6 Å². The number of imidazole rings is 1. The van der Waals surface area contributed by atoms with Crippen LogP contribution in [0.1, 0.15) is 24.3 Å². The summed E-state index contributed by atoms with van der Waals surface area (Å²) in [6.07, 6.45) is 0.944. The molecule has 0 aliphatic rings. The lowest BCUT2D eigenvalue weighted by molar-refractivity contribution is 0.584. The van der Waals surface area contributed by atoms with Gasteiger partial charge in [0.1, 0.15) is 5.82 Å². The number of nitrogens with zero attached hydrogens (tertiary/aromatic N) is 1. The van der Waals surface area contributed by atoms with E-state index in [1.807, 2.05) is 6.07 Å². The molecule has 3 aromatic rings. The maximum atomic E-state index is 13.3. The summed E-state index contributed by atoms with van der Waals surface area (Å²) in [7, 11) is 0. The Balaban J connectivity index is 2.24. The third-order valence-electron chi connectivity index (χ3n) is 3.25. The highest BCUT2D eigenvalue weighted by molar-refractivity contribution is 7.71. The average Bonchev–Trinajstić information content (AvgIpc) is 2.99. The third-order valence-corrected chi connectivity index (χ3v) is 4.52. The number of H-pyrrole nitrogens is 1. The molecule has 3 rings (SSSR count). The standard InChI is InChI=1S/C14H13FN2S2/c1-2-11(13-4-3-7-19-13)17-12-6-5-9(15)8-10(12)16-14(17)18/h3-8,11H,2H2,1H3,(H,16,18). The monoisotopic (exact) mass is 292 g/mol. The van der Waals surface area contributed by atoms with Gasteiger partial charge in [-0.1, -0.05) is 13.0 Å². The van der Waals surface area contributed by atoms with E-state index in [0.717, 1.165) is 17.5 Å². The number of thiophene rings is 1. The van der Waals surface area contributed by atoms with Crippen LogP contribution in [0, 0.1) is 10.6 Å². The minimum absolute atomic E-state index is 0.201. The summed E-state index contributed by atoms with van der Waals surface area (Å²) in [5.74, 6) is -0.250. The zero-order valence-electron chi connectivity index (χ0n) is 10.4. The molecule has 2 nitrogen and oxygen atoms in total. The second-order valence-corrected chi connectivity index (χ2v) is 5.77. The fourth-order valence-corrected chi connectivity index (χ4v) is 3.64. The summed E-state index contributed by atoms with van der Waals surface area (Å²) < 4.78 is 16.0. The van der Waals surface area contributed by atoms with Crippen molar-refractivity contribution < 1.29 is 4.39 Å². The molecule has 0 aliphatic carbocycles. The SMILES string of the molecule is CCC(c1cccs1)n1c(=S)[nH]c2cc(F)ccc21. The number of aromatic amines is 1. The van der Waals surface area contributed by atoms with Gasteiger partial charge in [-0.15, -0.1) is 11.3 Å². The number of halogens is 1. The molecule has 0 saturated carbocycles. The highest BCUT2D eigenvalue weighted by Gasteiger charge is 2.16. The van der Waals surface area contributed by atoms with Crippen LogP contribution in [-0.2, 0) is 0 Å². The lowest BCUT2D eigenvalue weighted by Crippen LogP contribution is -2.08. The van der Waals surface area contributed by atoms with Crippen molar-refractivity contribution in [1.82, 2.24) is 9.55 Å². The molecule has 0 radical (unpaired) electrons. The van der Waals surface area contributed by atoms with Gasteiger partial charge in [0.05, 0.1) is 17.1 Å². The van der Waals surface area contributed by atoms with Crippen molar-refractivity contribution in [3.05, 3.63) is 51.2 Å². The van der Waals surface area contributed by atoms with E-state index in [2.05, 4.69) is 27.9 Å². The molecule has 19 heavy (non-hydrogen) atoms. The topological polar surface area (TPSA) is 20.7 Å². The number of rotatable bonds is 3. The summed E-state index contributed by atoms with van der Waals surface area (Å²) in [5.41, 5.74) is 1.70. The molecule has 1 unspecified atom stereocenters. The van der Waals surface area contributed by atoms with Crippen molar-refractivity contribution in [2.24, 2.45) is 0 Å². The molecule has 0 spiro atoms. The maximum absolute atomic E-state index is 13.3. The predicted molar refractivity (Wildman–Crippen MR) is 79.8 cm³/mol. The van der Waals surface area contributed by atoms with Gasteiger partial charge in [-0.05, 0) is 48.3 Å². The van der Waals surface area contributed by atoms with E-state index in [1.54, 1.807) is 17.4 Å². The van der Waals surface area contributed by atoms with E-state index in [0.29, 0.717) is 4.77 Å². The van der Waals surface area contributed by atoms with Gasteiger partial charge < -0.3 is 9.55 Å². The molecule has 5 heteroatoms. The zero-order valence-corrected chi connectivity index (χ0v) is 12.0. The van der Waals surface area contributed by atoms with Crippen LogP contribution in [0.25, 0.3) is 11.0 Å². The molecule has 98 valence electrons. The molecule has 0 aliphatic heterocycles. The Morgan fingerprint density at radius 2 is 2.26 bits per heavy atom. The van der Waals surface area contributed by atoms with Crippen molar-refractivity contribution in [2.45, 2.75) is 19.4 Å². The van der Waals surface area contributed by atoms with E-state index in [9.17, 15) is 4.39 Å². The van der Waals surface area contributed by atoms with E-state index < -0.39 is 0 Å². The second kappa shape index (κ2) is 4.90. The van der Waals surface area contributed by atoms with Crippen molar-refractivity contribution in [3.63, 3.8) is 0 Å². The summed E-state index contributed by atoms with van der Waals surface area (Å²) in [5, 5.41) is 2.07. The van der Waals surface area contributed by atoms with E-state index >= 15 is 0 Å². The quantitative estimate of drug-likeness (QED) is 0.681. The Morgan fingerprint density at radius 1 is 1.42 bits per heavy atom. The largest absolute Gasteiger partial charge is 0.330 e. The number of hydrogen-bond acceptors (Lipinski definition) is 2. The first-order chi connectivity index (χ1) is 9.20. The normalized spacial score (nSPS) is 12.9.